The first-order valence-corrected chi connectivity index (χ1v) is 8.10. The Labute approximate surface area is 102 Å². The van der Waals surface area contributed by atoms with E-state index in [1.54, 1.807) is 0 Å². The molecule has 0 aromatic carbocycles. The lowest BCUT2D eigenvalue weighted by Crippen LogP contribution is -2.45. The fourth-order valence-electron chi connectivity index (χ4n) is 2.69. The summed E-state index contributed by atoms with van der Waals surface area (Å²) in [4.78, 5) is 13.9. The van der Waals surface area contributed by atoms with Gasteiger partial charge in [0.2, 0.25) is 5.91 Å². The van der Waals surface area contributed by atoms with Crippen LogP contribution in [0.15, 0.2) is 0 Å². The van der Waals surface area contributed by atoms with E-state index < -0.39 is 9.84 Å². The summed E-state index contributed by atoms with van der Waals surface area (Å²) in [5, 5.41) is 3.17. The minimum Gasteiger partial charge on any atom is -0.338 e. The molecule has 0 spiro atoms. The van der Waals surface area contributed by atoms with Crippen molar-refractivity contribution in [2.24, 2.45) is 0 Å². The monoisotopic (exact) mass is 260 g/mol. The van der Waals surface area contributed by atoms with Crippen molar-refractivity contribution in [3.05, 3.63) is 0 Å². The van der Waals surface area contributed by atoms with Gasteiger partial charge in [0.25, 0.3) is 0 Å². The molecule has 0 aliphatic carbocycles. The van der Waals surface area contributed by atoms with Crippen LogP contribution in [0, 0.1) is 0 Å². The van der Waals surface area contributed by atoms with Gasteiger partial charge in [0.1, 0.15) is 9.84 Å². The number of likely N-dealkylation sites (tertiary alicyclic amines) is 1. The van der Waals surface area contributed by atoms with Crippen molar-refractivity contribution in [3.8, 4) is 0 Å². The van der Waals surface area contributed by atoms with E-state index in [4.69, 9.17) is 0 Å². The summed E-state index contributed by atoms with van der Waals surface area (Å²) in [6, 6.07) is 0.0771. The second-order valence-electron chi connectivity index (χ2n) is 4.81. The second-order valence-corrected chi connectivity index (χ2v) is 7.12. The van der Waals surface area contributed by atoms with Gasteiger partial charge >= 0.3 is 0 Å². The van der Waals surface area contributed by atoms with Gasteiger partial charge in [0, 0.05) is 12.6 Å². The molecule has 0 aromatic rings. The van der Waals surface area contributed by atoms with Crippen molar-refractivity contribution in [2.75, 3.05) is 24.6 Å². The molecule has 2 aliphatic rings. The van der Waals surface area contributed by atoms with Crippen molar-refractivity contribution in [1.82, 2.24) is 10.2 Å². The first-order chi connectivity index (χ1) is 8.03. The van der Waals surface area contributed by atoms with Crippen LogP contribution in [0.1, 0.15) is 26.2 Å². The highest BCUT2D eigenvalue weighted by atomic mass is 32.2. The average Bonchev–Trinajstić information content (AvgIpc) is 2.62. The van der Waals surface area contributed by atoms with Gasteiger partial charge in [-0.25, -0.2) is 8.42 Å². The van der Waals surface area contributed by atoms with Crippen LogP contribution >= 0.6 is 0 Å². The Hall–Kier alpha value is -0.620. The molecule has 2 rings (SSSR count). The molecule has 1 unspecified atom stereocenters. The third-order valence-electron chi connectivity index (χ3n) is 3.66. The molecule has 6 heteroatoms. The fraction of sp³-hybridized carbons (Fsp3) is 0.909. The Morgan fingerprint density at radius 3 is 2.53 bits per heavy atom. The van der Waals surface area contributed by atoms with Gasteiger partial charge in [-0.15, -0.1) is 0 Å². The molecule has 2 aliphatic heterocycles. The first-order valence-electron chi connectivity index (χ1n) is 6.28. The van der Waals surface area contributed by atoms with Crippen molar-refractivity contribution < 1.29 is 13.2 Å². The van der Waals surface area contributed by atoms with Crippen LogP contribution < -0.4 is 5.32 Å². The highest BCUT2D eigenvalue weighted by Crippen LogP contribution is 2.23. The van der Waals surface area contributed by atoms with Crippen LogP contribution in [0.3, 0.4) is 0 Å². The van der Waals surface area contributed by atoms with Crippen LogP contribution in [0.4, 0.5) is 0 Å². The van der Waals surface area contributed by atoms with E-state index >= 15 is 0 Å². The quantitative estimate of drug-likeness (QED) is 0.761. The van der Waals surface area contributed by atoms with E-state index in [2.05, 4.69) is 5.32 Å². The van der Waals surface area contributed by atoms with Crippen LogP contribution in [0.25, 0.3) is 0 Å². The number of likely N-dealkylation sites (N-methyl/N-ethyl adjacent to an activating group) is 1. The number of carbonyl (C=O) groups excluding carboxylic acids is 1. The van der Waals surface area contributed by atoms with Gasteiger partial charge in [-0.2, -0.15) is 0 Å². The molecule has 0 radical (unpaired) electrons. The van der Waals surface area contributed by atoms with Crippen molar-refractivity contribution >= 4 is 15.7 Å². The van der Waals surface area contributed by atoms with E-state index in [1.807, 2.05) is 11.8 Å². The molecule has 1 amide bonds. The zero-order valence-electron chi connectivity index (χ0n) is 10.2. The molecule has 1 atom stereocenters. The SMILES string of the molecule is CCNC1CCN(C2CCS(=O)(=O)CC2)C1=O. The largest absolute Gasteiger partial charge is 0.338 e. The van der Waals surface area contributed by atoms with Gasteiger partial charge in [-0.3, -0.25) is 4.79 Å². The number of carbonyl (C=O) groups is 1. The summed E-state index contributed by atoms with van der Waals surface area (Å²) < 4.78 is 22.7. The summed E-state index contributed by atoms with van der Waals surface area (Å²) in [5.41, 5.74) is 0. The third kappa shape index (κ3) is 2.80. The van der Waals surface area contributed by atoms with Gasteiger partial charge in [-0.1, -0.05) is 6.92 Å². The maximum absolute atomic E-state index is 12.1. The van der Waals surface area contributed by atoms with Gasteiger partial charge in [0.15, 0.2) is 0 Å². The fourth-order valence-corrected chi connectivity index (χ4v) is 4.16. The Morgan fingerprint density at radius 1 is 1.29 bits per heavy atom. The van der Waals surface area contributed by atoms with E-state index in [1.165, 1.54) is 0 Å². The van der Waals surface area contributed by atoms with Crippen molar-refractivity contribution in [1.29, 1.82) is 0 Å². The minimum absolute atomic E-state index is 0.0569. The maximum Gasteiger partial charge on any atom is 0.240 e. The Kier molecular flexibility index (Phi) is 3.73. The number of rotatable bonds is 3. The van der Waals surface area contributed by atoms with Crippen LogP contribution in [-0.2, 0) is 14.6 Å². The molecule has 5 nitrogen and oxygen atoms in total. The summed E-state index contributed by atoms with van der Waals surface area (Å²) in [5.74, 6) is 0.608. The molecule has 2 fully saturated rings. The maximum atomic E-state index is 12.1. The highest BCUT2D eigenvalue weighted by molar-refractivity contribution is 7.91. The summed E-state index contributed by atoms with van der Waals surface area (Å²) in [7, 11) is -2.84. The molecule has 98 valence electrons. The summed E-state index contributed by atoms with van der Waals surface area (Å²) in [6.45, 7) is 3.55. The molecule has 1 N–H and O–H groups in total. The molecule has 2 heterocycles. The predicted octanol–water partition coefficient (Wildman–Crippen LogP) is -0.226. The zero-order chi connectivity index (χ0) is 12.5. The Balaban J connectivity index is 1.94. The first kappa shape index (κ1) is 12.8. The number of hydrogen-bond acceptors (Lipinski definition) is 4. The molecule has 0 saturated carbocycles. The molecule has 17 heavy (non-hydrogen) atoms. The Bertz CT molecular complexity index is 380. The summed E-state index contributed by atoms with van der Waals surface area (Å²) in [6.07, 6.45) is 2.05. The van der Waals surface area contributed by atoms with Gasteiger partial charge in [-0.05, 0) is 25.8 Å². The smallest absolute Gasteiger partial charge is 0.240 e. The van der Waals surface area contributed by atoms with Gasteiger partial charge in [0.05, 0.1) is 17.5 Å². The van der Waals surface area contributed by atoms with Crippen LogP contribution in [0.5, 0.6) is 0 Å². The number of sulfone groups is 1. The normalized spacial score (nSPS) is 29.8. The number of hydrogen-bond donors (Lipinski definition) is 1. The van der Waals surface area contributed by atoms with Crippen molar-refractivity contribution in [2.45, 2.75) is 38.3 Å². The minimum atomic E-state index is -2.84. The summed E-state index contributed by atoms with van der Waals surface area (Å²) >= 11 is 0. The lowest BCUT2D eigenvalue weighted by atomic mass is 10.1. The molecular weight excluding hydrogens is 240 g/mol. The van der Waals surface area contributed by atoms with Gasteiger partial charge < -0.3 is 10.2 Å². The molecule has 0 aromatic heterocycles. The van der Waals surface area contributed by atoms with E-state index in [9.17, 15) is 13.2 Å². The standard InChI is InChI=1S/C11H20N2O3S/c1-2-12-10-3-6-13(11(10)14)9-4-7-17(15,16)8-5-9/h9-10,12H,2-8H2,1H3. The molecule has 2 saturated heterocycles. The number of nitrogens with one attached hydrogen (secondary N) is 1. The lowest BCUT2D eigenvalue weighted by molar-refractivity contribution is -0.131. The number of nitrogens with zero attached hydrogens (tertiary/aromatic N) is 1. The lowest BCUT2D eigenvalue weighted by Gasteiger charge is -2.31. The van der Waals surface area contributed by atoms with Crippen LogP contribution in [0.2, 0.25) is 0 Å². The van der Waals surface area contributed by atoms with Crippen molar-refractivity contribution in [3.63, 3.8) is 0 Å². The van der Waals surface area contributed by atoms with Crippen LogP contribution in [-0.4, -0.2) is 55.9 Å². The van der Waals surface area contributed by atoms with E-state index in [0.717, 1.165) is 19.5 Å². The van der Waals surface area contributed by atoms with E-state index in [-0.39, 0.29) is 29.5 Å². The number of amides is 1. The highest BCUT2D eigenvalue weighted by Gasteiger charge is 2.37. The third-order valence-corrected chi connectivity index (χ3v) is 5.37. The zero-order valence-corrected chi connectivity index (χ0v) is 11.0. The molecular formula is C11H20N2O3S. The Morgan fingerprint density at radius 2 is 1.94 bits per heavy atom. The topological polar surface area (TPSA) is 66.5 Å². The van der Waals surface area contributed by atoms with E-state index in [0.29, 0.717) is 12.8 Å². The molecule has 0 bridgehead atoms. The predicted molar refractivity (Wildman–Crippen MR) is 65.5 cm³/mol. The second kappa shape index (κ2) is 4.94. The average molecular weight is 260 g/mol.